The molecular formula is C24H29NO6. The molecule has 7 heteroatoms. The Bertz CT molecular complexity index is 943. The zero-order valence-corrected chi connectivity index (χ0v) is 18.6. The average molecular weight is 427 g/mol. The molecule has 31 heavy (non-hydrogen) atoms. The van der Waals surface area contributed by atoms with Gasteiger partial charge in [-0.1, -0.05) is 36.8 Å². The first-order chi connectivity index (χ1) is 14.8. The van der Waals surface area contributed by atoms with Gasteiger partial charge in [0.2, 0.25) is 0 Å². The number of allylic oxidation sites excluding steroid dienone is 3. The van der Waals surface area contributed by atoms with Crippen LogP contribution >= 0.6 is 0 Å². The Hall–Kier alpha value is -2.93. The monoisotopic (exact) mass is 427 g/mol. The number of rotatable bonds is 6. The van der Waals surface area contributed by atoms with Gasteiger partial charge in [0.25, 0.3) is 0 Å². The summed E-state index contributed by atoms with van der Waals surface area (Å²) in [6.07, 6.45) is 0.506. The molecule has 1 N–H and O–H groups in total. The zero-order chi connectivity index (χ0) is 22.7. The van der Waals surface area contributed by atoms with Crippen molar-refractivity contribution in [3.8, 4) is 0 Å². The zero-order valence-electron chi connectivity index (χ0n) is 18.6. The largest absolute Gasteiger partial charge is 0.468 e. The van der Waals surface area contributed by atoms with Crippen LogP contribution in [-0.2, 0) is 28.6 Å². The van der Waals surface area contributed by atoms with E-state index in [9.17, 15) is 14.4 Å². The van der Waals surface area contributed by atoms with Crippen LogP contribution in [0.1, 0.15) is 37.3 Å². The van der Waals surface area contributed by atoms with Crippen LogP contribution in [0.15, 0.2) is 46.8 Å². The molecule has 0 radical (unpaired) electrons. The van der Waals surface area contributed by atoms with Crippen molar-refractivity contribution in [2.24, 2.45) is 11.8 Å². The third-order valence-corrected chi connectivity index (χ3v) is 5.89. The summed E-state index contributed by atoms with van der Waals surface area (Å²) in [5.74, 6) is -3.12. The number of hydrogen-bond acceptors (Lipinski definition) is 7. The second-order valence-corrected chi connectivity index (χ2v) is 8.07. The second kappa shape index (κ2) is 9.47. The maximum absolute atomic E-state index is 13.6. The molecule has 0 saturated carbocycles. The van der Waals surface area contributed by atoms with Crippen molar-refractivity contribution in [3.05, 3.63) is 57.9 Å². The summed E-state index contributed by atoms with van der Waals surface area (Å²) in [6.45, 7) is 6.02. The third-order valence-electron chi connectivity index (χ3n) is 5.89. The molecule has 1 heterocycles. The number of benzene rings is 1. The van der Waals surface area contributed by atoms with Crippen LogP contribution in [0.2, 0.25) is 0 Å². The quantitative estimate of drug-likeness (QED) is 0.424. The maximum atomic E-state index is 13.6. The Morgan fingerprint density at radius 2 is 1.77 bits per heavy atom. The van der Waals surface area contributed by atoms with E-state index >= 15 is 0 Å². The van der Waals surface area contributed by atoms with Gasteiger partial charge in [0.1, 0.15) is 12.5 Å². The topological polar surface area (TPSA) is 90.9 Å². The number of hydrogen-bond donors (Lipinski definition) is 1. The average Bonchev–Trinajstić information content (AvgIpc) is 2.73. The number of aryl methyl sites for hydroxylation is 1. The SMILES string of the molecule is COCCOC(=O)C1=C(C)NC2=C(C(=O)[C@H](C(=O)OC)[C@H](C)C2)[C@@H]1c1ccc(C)cc1. The molecule has 0 aromatic heterocycles. The fourth-order valence-electron chi connectivity index (χ4n) is 4.34. The van der Waals surface area contributed by atoms with Gasteiger partial charge in [0, 0.05) is 30.0 Å². The molecule has 0 bridgehead atoms. The number of ketones is 1. The molecule has 1 aliphatic heterocycles. The van der Waals surface area contributed by atoms with Gasteiger partial charge in [-0.2, -0.15) is 0 Å². The standard InChI is InChI=1S/C24H29NO6/c1-13-6-8-16(9-7-13)20-19(24(28)31-11-10-29-4)15(3)25-17-12-14(2)18(23(27)30-5)22(26)21(17)20/h6-9,14,18,20,25H,10-12H2,1-5H3/t14-,18-,20-/m1/s1. The van der Waals surface area contributed by atoms with E-state index in [1.165, 1.54) is 14.2 Å². The van der Waals surface area contributed by atoms with Gasteiger partial charge in [0.15, 0.2) is 5.78 Å². The number of ether oxygens (including phenoxy) is 3. The van der Waals surface area contributed by atoms with Crippen LogP contribution in [0.4, 0.5) is 0 Å². The second-order valence-electron chi connectivity index (χ2n) is 8.07. The highest BCUT2D eigenvalue weighted by molar-refractivity contribution is 6.12. The molecule has 3 rings (SSSR count). The lowest BCUT2D eigenvalue weighted by Crippen LogP contribution is -2.43. The van der Waals surface area contributed by atoms with Gasteiger partial charge in [-0.25, -0.2) is 4.79 Å². The van der Waals surface area contributed by atoms with E-state index in [0.717, 1.165) is 16.8 Å². The van der Waals surface area contributed by atoms with Crippen molar-refractivity contribution < 1.29 is 28.6 Å². The summed E-state index contributed by atoms with van der Waals surface area (Å²) < 4.78 is 15.3. The number of carbonyl (C=O) groups is 3. The maximum Gasteiger partial charge on any atom is 0.336 e. The normalized spacial score (nSPS) is 23.3. The van der Waals surface area contributed by atoms with Gasteiger partial charge in [0.05, 0.1) is 19.3 Å². The molecule has 1 aromatic rings. The molecule has 1 aliphatic carbocycles. The van der Waals surface area contributed by atoms with Crippen molar-refractivity contribution >= 4 is 17.7 Å². The number of dihydropyridines is 1. The molecule has 1 aromatic carbocycles. The molecule has 166 valence electrons. The van der Waals surface area contributed by atoms with Crippen molar-refractivity contribution in [1.29, 1.82) is 0 Å². The van der Waals surface area contributed by atoms with Crippen LogP contribution in [0.25, 0.3) is 0 Å². The minimum Gasteiger partial charge on any atom is -0.468 e. The van der Waals surface area contributed by atoms with E-state index in [0.29, 0.717) is 23.3 Å². The molecule has 0 amide bonds. The van der Waals surface area contributed by atoms with Crippen LogP contribution in [0.5, 0.6) is 0 Å². The van der Waals surface area contributed by atoms with Gasteiger partial charge in [-0.05, 0) is 31.7 Å². The van der Waals surface area contributed by atoms with Crippen LogP contribution < -0.4 is 5.32 Å². The Balaban J connectivity index is 2.11. The summed E-state index contributed by atoms with van der Waals surface area (Å²) >= 11 is 0. The first kappa shape index (κ1) is 22.7. The smallest absolute Gasteiger partial charge is 0.336 e. The minimum atomic E-state index is -0.900. The van der Waals surface area contributed by atoms with Crippen molar-refractivity contribution in [2.45, 2.75) is 33.1 Å². The summed E-state index contributed by atoms with van der Waals surface area (Å²) in [4.78, 5) is 39.0. The highest BCUT2D eigenvalue weighted by Gasteiger charge is 2.47. The van der Waals surface area contributed by atoms with Crippen LogP contribution in [-0.4, -0.2) is 45.2 Å². The fourth-order valence-corrected chi connectivity index (χ4v) is 4.34. The van der Waals surface area contributed by atoms with E-state index < -0.39 is 23.8 Å². The summed E-state index contributed by atoms with van der Waals surface area (Å²) in [5, 5.41) is 3.24. The lowest BCUT2D eigenvalue weighted by atomic mass is 9.69. The number of methoxy groups -OCH3 is 2. The highest BCUT2D eigenvalue weighted by atomic mass is 16.6. The molecule has 3 atom stereocenters. The van der Waals surface area contributed by atoms with E-state index in [1.807, 2.05) is 38.1 Å². The fraction of sp³-hybridized carbons (Fsp3) is 0.458. The van der Waals surface area contributed by atoms with E-state index in [2.05, 4.69) is 5.32 Å². The molecule has 0 fully saturated rings. The summed E-state index contributed by atoms with van der Waals surface area (Å²) in [7, 11) is 2.81. The Morgan fingerprint density at radius 3 is 2.39 bits per heavy atom. The van der Waals surface area contributed by atoms with Crippen molar-refractivity contribution in [3.63, 3.8) is 0 Å². The molecule has 7 nitrogen and oxygen atoms in total. The summed E-state index contributed by atoms with van der Waals surface area (Å²) in [6, 6.07) is 7.69. The molecule has 0 spiro atoms. The van der Waals surface area contributed by atoms with Gasteiger partial charge in [-0.15, -0.1) is 0 Å². The van der Waals surface area contributed by atoms with Crippen LogP contribution in [0.3, 0.4) is 0 Å². The third kappa shape index (κ3) is 4.42. The Kier molecular flexibility index (Phi) is 6.95. The van der Waals surface area contributed by atoms with E-state index in [-0.39, 0.29) is 24.9 Å². The predicted molar refractivity (Wildman–Crippen MR) is 114 cm³/mol. The number of carbonyl (C=O) groups excluding carboxylic acids is 3. The first-order valence-electron chi connectivity index (χ1n) is 10.4. The van der Waals surface area contributed by atoms with Crippen molar-refractivity contribution in [2.75, 3.05) is 27.4 Å². The van der Waals surface area contributed by atoms with Gasteiger partial charge >= 0.3 is 11.9 Å². The Morgan fingerprint density at radius 1 is 1.10 bits per heavy atom. The van der Waals surface area contributed by atoms with Gasteiger partial charge in [-0.3, -0.25) is 9.59 Å². The van der Waals surface area contributed by atoms with Crippen molar-refractivity contribution in [1.82, 2.24) is 5.32 Å². The predicted octanol–water partition coefficient (Wildman–Crippen LogP) is 2.80. The van der Waals surface area contributed by atoms with Crippen LogP contribution in [0, 0.1) is 18.8 Å². The highest BCUT2D eigenvalue weighted by Crippen LogP contribution is 2.45. The number of esters is 2. The molecule has 0 unspecified atom stereocenters. The molecule has 2 aliphatic rings. The number of nitrogens with one attached hydrogen (secondary N) is 1. The molecular weight excluding hydrogens is 398 g/mol. The molecule has 0 saturated heterocycles. The lowest BCUT2D eigenvalue weighted by molar-refractivity contribution is -0.151. The Labute approximate surface area is 182 Å². The lowest BCUT2D eigenvalue weighted by Gasteiger charge is -2.38. The summed E-state index contributed by atoms with van der Waals surface area (Å²) in [5.41, 5.74) is 4.04. The number of Topliss-reactive ketones (excluding diaryl/α,β-unsaturated/α-hetero) is 1. The first-order valence-corrected chi connectivity index (χ1v) is 10.4. The minimum absolute atomic E-state index is 0.106. The van der Waals surface area contributed by atoms with Gasteiger partial charge < -0.3 is 19.5 Å². The van der Waals surface area contributed by atoms with E-state index in [1.54, 1.807) is 6.92 Å². The van der Waals surface area contributed by atoms with E-state index in [4.69, 9.17) is 14.2 Å².